The largest absolute Gasteiger partial charge is 0.493 e. The van der Waals surface area contributed by atoms with E-state index in [4.69, 9.17) is 14.3 Å². The van der Waals surface area contributed by atoms with Gasteiger partial charge in [0.2, 0.25) is 0 Å². The van der Waals surface area contributed by atoms with Gasteiger partial charge >= 0.3 is 5.97 Å². The number of benzene rings is 2. The SMILES string of the molecule is CC(C)c1c(C(=O)NCc2ccccc2OCCCCCCC(=O)O)cccc1-c1cc(C=O)co1. The Labute approximate surface area is 211 Å². The van der Waals surface area contributed by atoms with E-state index in [-0.39, 0.29) is 18.2 Å². The molecule has 7 nitrogen and oxygen atoms in total. The van der Waals surface area contributed by atoms with E-state index in [1.807, 2.05) is 50.2 Å². The van der Waals surface area contributed by atoms with Crippen molar-refractivity contribution in [1.82, 2.24) is 5.32 Å². The number of rotatable bonds is 14. The number of carbonyl (C=O) groups is 3. The second-order valence-corrected chi connectivity index (χ2v) is 8.98. The maximum Gasteiger partial charge on any atom is 0.303 e. The van der Waals surface area contributed by atoms with Crippen LogP contribution in [-0.4, -0.2) is 29.9 Å². The molecule has 0 unspecified atom stereocenters. The molecular formula is C29H33NO6. The molecule has 3 aromatic rings. The molecule has 0 saturated carbocycles. The highest BCUT2D eigenvalue weighted by Gasteiger charge is 2.20. The smallest absolute Gasteiger partial charge is 0.303 e. The third kappa shape index (κ3) is 7.31. The minimum Gasteiger partial charge on any atom is -0.493 e. The van der Waals surface area contributed by atoms with Gasteiger partial charge in [0.25, 0.3) is 5.91 Å². The molecule has 0 fully saturated rings. The molecular weight excluding hydrogens is 458 g/mol. The predicted octanol–water partition coefficient (Wildman–Crippen LogP) is 6.23. The lowest BCUT2D eigenvalue weighted by atomic mass is 9.90. The lowest BCUT2D eigenvalue weighted by Crippen LogP contribution is -2.25. The highest BCUT2D eigenvalue weighted by atomic mass is 16.5. The number of carbonyl (C=O) groups excluding carboxylic acids is 2. The van der Waals surface area contributed by atoms with Crippen LogP contribution in [0.2, 0.25) is 0 Å². The first-order valence-corrected chi connectivity index (χ1v) is 12.3. The summed E-state index contributed by atoms with van der Waals surface area (Å²) < 4.78 is 11.5. The highest BCUT2D eigenvalue weighted by molar-refractivity contribution is 5.97. The second kappa shape index (κ2) is 13.3. The summed E-state index contributed by atoms with van der Waals surface area (Å²) in [5.74, 6) is 0.367. The number of hydrogen-bond acceptors (Lipinski definition) is 5. The summed E-state index contributed by atoms with van der Waals surface area (Å²) in [5.41, 5.74) is 3.53. The van der Waals surface area contributed by atoms with Crippen molar-refractivity contribution in [3.05, 3.63) is 77.0 Å². The summed E-state index contributed by atoms with van der Waals surface area (Å²) in [6.07, 6.45) is 5.62. The van der Waals surface area contributed by atoms with Crippen LogP contribution in [0.5, 0.6) is 5.75 Å². The number of furan rings is 1. The molecule has 1 aromatic heterocycles. The van der Waals surface area contributed by atoms with Gasteiger partial charge in [-0.15, -0.1) is 0 Å². The van der Waals surface area contributed by atoms with Crippen molar-refractivity contribution in [1.29, 1.82) is 0 Å². The Bertz CT molecular complexity index is 1180. The van der Waals surface area contributed by atoms with E-state index in [2.05, 4.69) is 5.32 Å². The van der Waals surface area contributed by atoms with E-state index >= 15 is 0 Å². The third-order valence-corrected chi connectivity index (χ3v) is 5.90. The summed E-state index contributed by atoms with van der Waals surface area (Å²) in [5, 5.41) is 11.7. The second-order valence-electron chi connectivity index (χ2n) is 8.98. The van der Waals surface area contributed by atoms with Crippen molar-refractivity contribution in [2.24, 2.45) is 0 Å². The number of carboxylic acids is 1. The molecule has 36 heavy (non-hydrogen) atoms. The first kappa shape index (κ1) is 26.7. The molecule has 3 rings (SSSR count). The van der Waals surface area contributed by atoms with Gasteiger partial charge in [0.15, 0.2) is 6.29 Å². The minimum atomic E-state index is -0.762. The van der Waals surface area contributed by atoms with Crippen LogP contribution in [0.4, 0.5) is 0 Å². The van der Waals surface area contributed by atoms with Crippen LogP contribution in [0.15, 0.2) is 59.2 Å². The molecule has 0 aliphatic rings. The third-order valence-electron chi connectivity index (χ3n) is 5.90. The maximum atomic E-state index is 13.2. The summed E-state index contributed by atoms with van der Waals surface area (Å²) >= 11 is 0. The average molecular weight is 492 g/mol. The fraction of sp³-hybridized carbons (Fsp3) is 0.345. The van der Waals surface area contributed by atoms with Crippen molar-refractivity contribution in [3.63, 3.8) is 0 Å². The quantitative estimate of drug-likeness (QED) is 0.205. The van der Waals surface area contributed by atoms with Crippen LogP contribution in [-0.2, 0) is 11.3 Å². The van der Waals surface area contributed by atoms with Crippen molar-refractivity contribution in [2.75, 3.05) is 6.61 Å². The molecule has 2 N–H and O–H groups in total. The number of hydrogen-bond donors (Lipinski definition) is 2. The molecule has 2 aromatic carbocycles. The monoisotopic (exact) mass is 491 g/mol. The molecule has 0 aliphatic carbocycles. The zero-order chi connectivity index (χ0) is 25.9. The average Bonchev–Trinajstić information content (AvgIpc) is 3.36. The molecule has 0 bridgehead atoms. The van der Waals surface area contributed by atoms with E-state index in [0.29, 0.717) is 36.5 Å². The molecule has 0 saturated heterocycles. The van der Waals surface area contributed by atoms with Crippen LogP contribution in [0.1, 0.15) is 83.7 Å². The number of aldehydes is 1. The highest BCUT2D eigenvalue weighted by Crippen LogP contribution is 2.33. The molecule has 0 atom stereocenters. The topological polar surface area (TPSA) is 106 Å². The first-order chi connectivity index (χ1) is 17.4. The lowest BCUT2D eigenvalue weighted by Gasteiger charge is -2.17. The van der Waals surface area contributed by atoms with Gasteiger partial charge in [0.1, 0.15) is 17.8 Å². The van der Waals surface area contributed by atoms with Gasteiger partial charge in [-0.2, -0.15) is 0 Å². The summed E-state index contributed by atoms with van der Waals surface area (Å²) in [7, 11) is 0. The molecule has 0 spiro atoms. The Balaban J connectivity index is 1.64. The summed E-state index contributed by atoms with van der Waals surface area (Å²) in [6.45, 7) is 4.88. The first-order valence-electron chi connectivity index (χ1n) is 12.3. The van der Waals surface area contributed by atoms with Crippen LogP contribution in [0.25, 0.3) is 11.3 Å². The number of carboxylic acid groups (broad SMARTS) is 1. The van der Waals surface area contributed by atoms with E-state index in [1.54, 1.807) is 12.1 Å². The van der Waals surface area contributed by atoms with Crippen molar-refractivity contribution < 1.29 is 28.6 Å². The summed E-state index contributed by atoms with van der Waals surface area (Å²) in [6, 6.07) is 14.8. The summed E-state index contributed by atoms with van der Waals surface area (Å²) in [4.78, 5) is 34.9. The number of para-hydroxylation sites is 1. The molecule has 7 heteroatoms. The van der Waals surface area contributed by atoms with Crippen molar-refractivity contribution >= 4 is 18.2 Å². The van der Waals surface area contributed by atoms with Crippen LogP contribution < -0.4 is 10.1 Å². The molecule has 1 heterocycles. The van der Waals surface area contributed by atoms with Gasteiger partial charge in [-0.05, 0) is 42.5 Å². The Kier molecular flexibility index (Phi) is 9.86. The van der Waals surface area contributed by atoms with Gasteiger partial charge < -0.3 is 19.6 Å². The van der Waals surface area contributed by atoms with E-state index in [0.717, 1.165) is 48.0 Å². The molecule has 0 radical (unpaired) electrons. The standard InChI is InChI=1S/C29H33NO6/c1-20(2)28-23(26-16-21(18-31)19-36-26)11-9-12-24(28)29(34)30-17-22-10-6-7-13-25(22)35-15-8-4-3-5-14-27(32)33/h6-7,9-13,16,18-20H,3-5,8,14-15,17H2,1-2H3,(H,30,34)(H,32,33). The number of unbranched alkanes of at least 4 members (excludes halogenated alkanes) is 3. The van der Waals surface area contributed by atoms with Gasteiger partial charge in [0.05, 0.1) is 12.2 Å². The van der Waals surface area contributed by atoms with Gasteiger partial charge in [0, 0.05) is 29.7 Å². The number of ether oxygens (including phenoxy) is 1. The zero-order valence-electron chi connectivity index (χ0n) is 20.8. The lowest BCUT2D eigenvalue weighted by molar-refractivity contribution is -0.137. The van der Waals surface area contributed by atoms with E-state index in [1.165, 1.54) is 6.26 Å². The molecule has 1 amide bonds. The number of nitrogens with one attached hydrogen (secondary N) is 1. The van der Waals surface area contributed by atoms with Crippen LogP contribution in [0, 0.1) is 0 Å². The normalized spacial score (nSPS) is 10.9. The Morgan fingerprint density at radius 2 is 1.83 bits per heavy atom. The fourth-order valence-corrected chi connectivity index (χ4v) is 4.13. The minimum absolute atomic E-state index is 0.0536. The molecule has 190 valence electrons. The number of aliphatic carboxylic acids is 1. The Morgan fingerprint density at radius 3 is 2.56 bits per heavy atom. The van der Waals surface area contributed by atoms with Gasteiger partial charge in [-0.3, -0.25) is 14.4 Å². The Hall–Kier alpha value is -3.87. The maximum absolute atomic E-state index is 13.2. The van der Waals surface area contributed by atoms with Crippen LogP contribution in [0.3, 0.4) is 0 Å². The number of amides is 1. The van der Waals surface area contributed by atoms with E-state index < -0.39 is 5.97 Å². The van der Waals surface area contributed by atoms with Gasteiger partial charge in [-0.25, -0.2) is 0 Å². The van der Waals surface area contributed by atoms with E-state index in [9.17, 15) is 14.4 Å². The predicted molar refractivity (Wildman–Crippen MR) is 137 cm³/mol. The zero-order valence-corrected chi connectivity index (χ0v) is 20.8. The van der Waals surface area contributed by atoms with Crippen LogP contribution >= 0.6 is 0 Å². The van der Waals surface area contributed by atoms with Crippen molar-refractivity contribution in [3.8, 4) is 17.1 Å². The fourth-order valence-electron chi connectivity index (χ4n) is 4.13. The molecule has 0 aliphatic heterocycles. The van der Waals surface area contributed by atoms with Crippen molar-refractivity contribution in [2.45, 2.75) is 58.4 Å². The van der Waals surface area contributed by atoms with Gasteiger partial charge in [-0.1, -0.05) is 57.0 Å². The Morgan fingerprint density at radius 1 is 1.06 bits per heavy atom.